The van der Waals surface area contributed by atoms with Crippen molar-refractivity contribution in [2.45, 2.75) is 0 Å². The number of hydrogen-bond donors (Lipinski definition) is 0. The normalized spacial score (nSPS) is 12.0. The predicted octanol–water partition coefficient (Wildman–Crippen LogP) is 17.9. The van der Waals surface area contributed by atoms with E-state index in [1.165, 1.54) is 136 Å². The minimum absolute atomic E-state index is 1.18. The number of benzene rings is 13. The van der Waals surface area contributed by atoms with Gasteiger partial charge in [0.25, 0.3) is 0 Å². The lowest BCUT2D eigenvalue weighted by molar-refractivity contribution is 1.20. The highest BCUT2D eigenvalue weighted by Crippen LogP contribution is 2.48. The third-order valence-electron chi connectivity index (χ3n) is 14.1. The number of fused-ring (bicyclic) bond motifs is 12. The summed E-state index contributed by atoms with van der Waals surface area (Å²) in [6.07, 6.45) is 0. The quantitative estimate of drug-likeness (QED) is 0.156. The first-order valence-electron chi connectivity index (χ1n) is 22.6. The molecule has 0 unspecified atom stereocenters. The van der Waals surface area contributed by atoms with E-state index >= 15 is 0 Å². The van der Waals surface area contributed by atoms with Crippen molar-refractivity contribution in [3.63, 3.8) is 0 Å². The van der Waals surface area contributed by atoms with Crippen LogP contribution in [0, 0.1) is 0 Å². The zero-order chi connectivity index (χ0) is 42.6. The van der Waals surface area contributed by atoms with Gasteiger partial charge in [-0.1, -0.05) is 194 Å². The Morgan fingerprint density at radius 1 is 0.231 bits per heavy atom. The summed E-state index contributed by atoms with van der Waals surface area (Å²) in [6.45, 7) is 0. The fraction of sp³-hybridized carbons (Fsp3) is 0. The second-order valence-corrected chi connectivity index (χ2v) is 17.6. The smallest absolute Gasteiger partial charge is 0.0548 e. The Morgan fingerprint density at radius 2 is 0.708 bits per heavy atom. The number of rotatable bonds is 4. The molecule has 0 saturated carbocycles. The molecule has 1 aromatic heterocycles. The maximum absolute atomic E-state index is 2.52. The molecule has 1 nitrogen and oxygen atoms in total. The lowest BCUT2D eigenvalue weighted by atomic mass is 9.83. The van der Waals surface area contributed by atoms with Crippen molar-refractivity contribution >= 4 is 97.2 Å². The van der Waals surface area contributed by atoms with Crippen molar-refractivity contribution in [2.75, 3.05) is 0 Å². The van der Waals surface area contributed by atoms with E-state index in [1.54, 1.807) is 0 Å². The van der Waals surface area contributed by atoms with E-state index in [0.29, 0.717) is 0 Å². The van der Waals surface area contributed by atoms with E-state index in [1.807, 2.05) is 0 Å². The van der Waals surface area contributed by atoms with Crippen LogP contribution < -0.4 is 0 Å². The SMILES string of the molecule is c1ccc(-c2c3ccccc3c(-c3ccc(-n4c5ccc6ccccc6c5c5c6ccccc6ccc54)c4ccccc34)c3ccc(-c4ccc5cc6ccccc6cc5c4)cc23)cc1. The molecule has 14 rings (SSSR count). The standard InChI is InChI=1S/C64H39N/c1-2-16-42(17-3-1)61-53-24-12-13-25-54(53)62(56-31-28-47(39-57(56)61)45-26-27-46-36-43-18-4-5-19-44(43)37-48(46)38-45)55-32-35-58(52-23-11-10-22-51(52)55)65-59-33-29-40-14-6-8-20-49(40)63(59)64-50-21-9-7-15-41(50)30-34-60(64)65/h1-39H. The van der Waals surface area contributed by atoms with Gasteiger partial charge < -0.3 is 4.57 Å². The van der Waals surface area contributed by atoms with Crippen LogP contribution in [0.5, 0.6) is 0 Å². The summed E-state index contributed by atoms with van der Waals surface area (Å²) < 4.78 is 2.52. The molecule has 0 aliphatic rings. The van der Waals surface area contributed by atoms with Gasteiger partial charge in [0.15, 0.2) is 0 Å². The van der Waals surface area contributed by atoms with Crippen molar-refractivity contribution in [1.82, 2.24) is 4.57 Å². The van der Waals surface area contributed by atoms with E-state index in [9.17, 15) is 0 Å². The van der Waals surface area contributed by atoms with Crippen LogP contribution in [0.25, 0.3) is 136 Å². The van der Waals surface area contributed by atoms with Crippen molar-refractivity contribution in [3.05, 3.63) is 237 Å². The number of aromatic nitrogens is 1. The Labute approximate surface area is 375 Å². The zero-order valence-corrected chi connectivity index (χ0v) is 35.5. The molecule has 13 aromatic carbocycles. The highest BCUT2D eigenvalue weighted by Gasteiger charge is 2.22. The van der Waals surface area contributed by atoms with Crippen molar-refractivity contribution in [1.29, 1.82) is 0 Å². The average Bonchev–Trinajstić information content (AvgIpc) is 3.72. The maximum Gasteiger partial charge on any atom is 0.0548 e. The largest absolute Gasteiger partial charge is 0.309 e. The molecule has 14 aromatic rings. The molecule has 0 aliphatic heterocycles. The summed E-state index contributed by atoms with van der Waals surface area (Å²) in [5.74, 6) is 0. The molecule has 0 spiro atoms. The first-order chi connectivity index (χ1) is 32.2. The molecule has 65 heavy (non-hydrogen) atoms. The van der Waals surface area contributed by atoms with Crippen LogP contribution in [-0.4, -0.2) is 4.57 Å². The van der Waals surface area contributed by atoms with Gasteiger partial charge in [-0.2, -0.15) is 0 Å². The van der Waals surface area contributed by atoms with Gasteiger partial charge >= 0.3 is 0 Å². The molecule has 0 aliphatic carbocycles. The first-order valence-corrected chi connectivity index (χ1v) is 22.6. The first kappa shape index (κ1) is 36.0. The Kier molecular flexibility index (Phi) is 7.75. The lowest BCUT2D eigenvalue weighted by Crippen LogP contribution is -1.97. The molecule has 0 fully saturated rings. The fourth-order valence-corrected chi connectivity index (χ4v) is 11.2. The van der Waals surface area contributed by atoms with Gasteiger partial charge in [0.1, 0.15) is 0 Å². The second kappa shape index (κ2) is 14.0. The molecule has 0 saturated heterocycles. The van der Waals surface area contributed by atoms with Crippen molar-refractivity contribution in [3.8, 4) is 39.1 Å². The molecule has 0 atom stereocenters. The van der Waals surface area contributed by atoms with E-state index in [2.05, 4.69) is 241 Å². The van der Waals surface area contributed by atoms with Gasteiger partial charge in [0, 0.05) is 16.2 Å². The Balaban J connectivity index is 1.05. The molecule has 0 N–H and O–H groups in total. The summed E-state index contributed by atoms with van der Waals surface area (Å²) in [4.78, 5) is 0. The summed E-state index contributed by atoms with van der Waals surface area (Å²) >= 11 is 0. The fourth-order valence-electron chi connectivity index (χ4n) is 11.2. The van der Waals surface area contributed by atoms with Crippen LogP contribution in [0.3, 0.4) is 0 Å². The Bertz CT molecular complexity index is 4190. The van der Waals surface area contributed by atoms with E-state index in [4.69, 9.17) is 0 Å². The average molecular weight is 822 g/mol. The van der Waals surface area contributed by atoms with Crippen LogP contribution in [0.15, 0.2) is 237 Å². The Hall–Kier alpha value is -8.52. The van der Waals surface area contributed by atoms with E-state index < -0.39 is 0 Å². The molecule has 0 radical (unpaired) electrons. The molecule has 0 bridgehead atoms. The summed E-state index contributed by atoms with van der Waals surface area (Å²) in [6, 6.07) is 88.0. The van der Waals surface area contributed by atoms with Crippen LogP contribution in [0.2, 0.25) is 0 Å². The highest BCUT2D eigenvalue weighted by atomic mass is 15.0. The van der Waals surface area contributed by atoms with Gasteiger partial charge in [-0.15, -0.1) is 0 Å². The van der Waals surface area contributed by atoms with Gasteiger partial charge in [-0.25, -0.2) is 0 Å². The minimum atomic E-state index is 1.18. The third kappa shape index (κ3) is 5.40. The minimum Gasteiger partial charge on any atom is -0.309 e. The van der Waals surface area contributed by atoms with Crippen LogP contribution >= 0.6 is 0 Å². The van der Waals surface area contributed by atoms with Crippen LogP contribution in [-0.2, 0) is 0 Å². The molecular weight excluding hydrogens is 783 g/mol. The lowest BCUT2D eigenvalue weighted by Gasteiger charge is -2.21. The third-order valence-corrected chi connectivity index (χ3v) is 14.1. The molecular formula is C64H39N. The second-order valence-electron chi connectivity index (χ2n) is 17.6. The van der Waals surface area contributed by atoms with Crippen LogP contribution in [0.4, 0.5) is 0 Å². The van der Waals surface area contributed by atoms with Gasteiger partial charge in [0.2, 0.25) is 0 Å². The van der Waals surface area contributed by atoms with Crippen LogP contribution in [0.1, 0.15) is 0 Å². The van der Waals surface area contributed by atoms with Gasteiger partial charge in [-0.05, 0) is 146 Å². The molecule has 1 heterocycles. The predicted molar refractivity (Wildman–Crippen MR) is 280 cm³/mol. The Morgan fingerprint density at radius 3 is 1.38 bits per heavy atom. The number of nitrogens with zero attached hydrogens (tertiary/aromatic N) is 1. The summed E-state index contributed by atoms with van der Waals surface area (Å²) in [7, 11) is 0. The molecule has 300 valence electrons. The van der Waals surface area contributed by atoms with E-state index in [0.717, 1.165) is 0 Å². The molecule has 0 amide bonds. The number of hydrogen-bond acceptors (Lipinski definition) is 0. The van der Waals surface area contributed by atoms with Gasteiger partial charge in [-0.3, -0.25) is 0 Å². The highest BCUT2D eigenvalue weighted by molar-refractivity contribution is 6.29. The summed E-state index contributed by atoms with van der Waals surface area (Å²) in [5.41, 5.74) is 11.0. The zero-order valence-electron chi connectivity index (χ0n) is 35.5. The van der Waals surface area contributed by atoms with Gasteiger partial charge in [0.05, 0.1) is 16.7 Å². The summed E-state index contributed by atoms with van der Waals surface area (Å²) in [5, 5.41) is 20.1. The van der Waals surface area contributed by atoms with E-state index in [-0.39, 0.29) is 0 Å². The molecule has 1 heteroatoms. The van der Waals surface area contributed by atoms with Crippen molar-refractivity contribution in [2.24, 2.45) is 0 Å². The van der Waals surface area contributed by atoms with Crippen molar-refractivity contribution < 1.29 is 0 Å². The monoisotopic (exact) mass is 821 g/mol. The topological polar surface area (TPSA) is 4.93 Å². The maximum atomic E-state index is 2.52.